The van der Waals surface area contributed by atoms with Gasteiger partial charge in [0, 0.05) is 11.4 Å². The van der Waals surface area contributed by atoms with E-state index in [9.17, 15) is 9.59 Å². The van der Waals surface area contributed by atoms with Crippen molar-refractivity contribution in [3.05, 3.63) is 22.5 Å². The lowest BCUT2D eigenvalue weighted by Crippen LogP contribution is -2.13. The number of aromatic amines is 1. The van der Waals surface area contributed by atoms with Gasteiger partial charge in [-0.15, -0.1) is 5.10 Å². The van der Waals surface area contributed by atoms with E-state index in [1.165, 1.54) is 11.8 Å². The second-order valence-electron chi connectivity index (χ2n) is 5.69. The van der Waals surface area contributed by atoms with Gasteiger partial charge in [0.2, 0.25) is 5.16 Å². The molecule has 0 radical (unpaired) electrons. The number of aryl methyl sites for hydroxylation is 2. The highest BCUT2D eigenvalue weighted by molar-refractivity contribution is 7.99. The van der Waals surface area contributed by atoms with Crippen LogP contribution >= 0.6 is 11.8 Å². The van der Waals surface area contributed by atoms with Crippen LogP contribution in [-0.4, -0.2) is 49.3 Å². The molecule has 24 heavy (non-hydrogen) atoms. The maximum atomic E-state index is 12.7. The molecule has 0 saturated heterocycles. The van der Waals surface area contributed by atoms with Gasteiger partial charge in [-0.3, -0.25) is 4.79 Å². The van der Waals surface area contributed by atoms with Gasteiger partial charge in [0.15, 0.2) is 5.78 Å². The third-order valence-corrected chi connectivity index (χ3v) is 4.75. The summed E-state index contributed by atoms with van der Waals surface area (Å²) in [6.07, 6.45) is 2.13. The lowest BCUT2D eigenvalue weighted by atomic mass is 10.1. The highest BCUT2D eigenvalue weighted by Crippen LogP contribution is 2.36. The van der Waals surface area contributed by atoms with Gasteiger partial charge in [-0.25, -0.2) is 9.48 Å². The summed E-state index contributed by atoms with van der Waals surface area (Å²) in [5, 5.41) is 12.2. The normalized spacial score (nSPS) is 14.0. The van der Waals surface area contributed by atoms with E-state index in [-0.39, 0.29) is 18.1 Å². The SMILES string of the molecule is CCOC(=O)c1c(C)[nH]c(C)c1C(=O)CSc1nnnn1C1CC1. The largest absolute Gasteiger partial charge is 0.462 e. The summed E-state index contributed by atoms with van der Waals surface area (Å²) in [5.74, 6) is -0.455. The summed E-state index contributed by atoms with van der Waals surface area (Å²) in [6.45, 7) is 5.54. The number of hydrogen-bond acceptors (Lipinski definition) is 7. The Kier molecular flexibility index (Phi) is 4.70. The van der Waals surface area contributed by atoms with E-state index >= 15 is 0 Å². The molecule has 0 spiro atoms. The third-order valence-electron chi connectivity index (χ3n) is 3.82. The molecule has 128 valence electrons. The minimum Gasteiger partial charge on any atom is -0.462 e. The molecule has 0 atom stereocenters. The van der Waals surface area contributed by atoms with Crippen LogP contribution in [0.3, 0.4) is 0 Å². The Labute approximate surface area is 143 Å². The molecule has 0 aliphatic heterocycles. The Balaban J connectivity index is 1.77. The van der Waals surface area contributed by atoms with Crippen LogP contribution in [0.2, 0.25) is 0 Å². The van der Waals surface area contributed by atoms with E-state index in [0.717, 1.165) is 12.8 Å². The number of nitrogens with one attached hydrogen (secondary N) is 1. The Morgan fingerprint density at radius 2 is 2.00 bits per heavy atom. The monoisotopic (exact) mass is 349 g/mol. The summed E-state index contributed by atoms with van der Waals surface area (Å²) in [7, 11) is 0. The first-order valence-corrected chi connectivity index (χ1v) is 8.81. The first kappa shape index (κ1) is 16.7. The van der Waals surface area contributed by atoms with Crippen LogP contribution in [0.4, 0.5) is 0 Å². The Hall–Kier alpha value is -2.16. The summed E-state index contributed by atoms with van der Waals surface area (Å²) in [5.41, 5.74) is 2.02. The van der Waals surface area contributed by atoms with Crippen LogP contribution in [0.25, 0.3) is 0 Å². The zero-order chi connectivity index (χ0) is 17.3. The Morgan fingerprint density at radius 1 is 1.29 bits per heavy atom. The predicted molar refractivity (Wildman–Crippen MR) is 87.4 cm³/mol. The second kappa shape index (κ2) is 6.76. The molecule has 9 heteroatoms. The van der Waals surface area contributed by atoms with Crippen molar-refractivity contribution in [3.8, 4) is 0 Å². The van der Waals surface area contributed by atoms with Crippen molar-refractivity contribution in [2.75, 3.05) is 12.4 Å². The number of ether oxygens (including phenoxy) is 1. The van der Waals surface area contributed by atoms with Crippen molar-refractivity contribution in [2.45, 2.75) is 44.8 Å². The topological polar surface area (TPSA) is 103 Å². The Morgan fingerprint density at radius 3 is 2.67 bits per heavy atom. The molecule has 0 unspecified atom stereocenters. The molecule has 1 N–H and O–H groups in total. The number of tetrazole rings is 1. The first-order chi connectivity index (χ1) is 11.5. The van der Waals surface area contributed by atoms with Crippen LogP contribution < -0.4 is 0 Å². The molecule has 3 rings (SSSR count). The number of carbonyl (C=O) groups excluding carboxylic acids is 2. The van der Waals surface area contributed by atoms with Gasteiger partial charge < -0.3 is 9.72 Å². The predicted octanol–water partition coefficient (Wildman–Crippen LogP) is 2.10. The molecule has 2 aromatic heterocycles. The number of Topliss-reactive ketones (excluding diaryl/α,β-unsaturated/α-hetero) is 1. The van der Waals surface area contributed by atoms with Crippen LogP contribution in [0.1, 0.15) is 57.9 Å². The number of ketones is 1. The van der Waals surface area contributed by atoms with Crippen LogP contribution in [0.15, 0.2) is 5.16 Å². The molecule has 1 aliphatic carbocycles. The van der Waals surface area contributed by atoms with Crippen molar-refractivity contribution >= 4 is 23.5 Å². The van der Waals surface area contributed by atoms with E-state index in [4.69, 9.17) is 4.74 Å². The number of hydrogen-bond donors (Lipinski definition) is 1. The zero-order valence-corrected chi connectivity index (χ0v) is 14.6. The highest BCUT2D eigenvalue weighted by atomic mass is 32.2. The fraction of sp³-hybridized carbons (Fsp3) is 0.533. The third kappa shape index (κ3) is 3.21. The van der Waals surface area contributed by atoms with Crippen LogP contribution in [0.5, 0.6) is 0 Å². The van der Waals surface area contributed by atoms with Crippen molar-refractivity contribution in [1.29, 1.82) is 0 Å². The molecule has 2 heterocycles. The molecule has 1 aliphatic rings. The molecule has 1 saturated carbocycles. The molecule has 2 aromatic rings. The van der Waals surface area contributed by atoms with Crippen molar-refractivity contribution in [1.82, 2.24) is 25.2 Å². The van der Waals surface area contributed by atoms with Crippen molar-refractivity contribution in [3.63, 3.8) is 0 Å². The average Bonchev–Trinajstić information content (AvgIpc) is 3.19. The van der Waals surface area contributed by atoms with Gasteiger partial charge >= 0.3 is 5.97 Å². The van der Waals surface area contributed by atoms with Crippen molar-refractivity contribution in [2.24, 2.45) is 0 Å². The fourth-order valence-electron chi connectivity index (χ4n) is 2.62. The first-order valence-electron chi connectivity index (χ1n) is 7.83. The second-order valence-corrected chi connectivity index (χ2v) is 6.64. The number of thioether (sulfide) groups is 1. The maximum absolute atomic E-state index is 12.7. The lowest BCUT2D eigenvalue weighted by Gasteiger charge is -2.06. The summed E-state index contributed by atoms with van der Waals surface area (Å²) >= 11 is 1.29. The van der Waals surface area contributed by atoms with Crippen molar-refractivity contribution < 1.29 is 14.3 Å². The lowest BCUT2D eigenvalue weighted by molar-refractivity contribution is 0.0522. The molecular weight excluding hydrogens is 330 g/mol. The van der Waals surface area contributed by atoms with Gasteiger partial charge in [-0.2, -0.15) is 0 Å². The van der Waals surface area contributed by atoms with Gasteiger partial charge in [0.25, 0.3) is 0 Å². The van der Waals surface area contributed by atoms with E-state index in [0.29, 0.717) is 33.7 Å². The maximum Gasteiger partial charge on any atom is 0.340 e. The van der Waals surface area contributed by atoms with E-state index in [2.05, 4.69) is 20.5 Å². The minimum atomic E-state index is -0.476. The smallest absolute Gasteiger partial charge is 0.340 e. The quantitative estimate of drug-likeness (QED) is 0.464. The summed E-state index contributed by atoms with van der Waals surface area (Å²) in [6, 6.07) is 0.351. The van der Waals surface area contributed by atoms with E-state index < -0.39 is 5.97 Å². The molecule has 0 bridgehead atoms. The molecule has 1 fully saturated rings. The molecule has 8 nitrogen and oxygen atoms in total. The summed E-state index contributed by atoms with van der Waals surface area (Å²) in [4.78, 5) is 27.9. The Bertz CT molecular complexity index is 778. The van der Waals surface area contributed by atoms with E-state index in [1.807, 2.05) is 0 Å². The molecule has 0 amide bonds. The van der Waals surface area contributed by atoms with E-state index in [1.54, 1.807) is 25.5 Å². The standard InChI is InChI=1S/C15H19N5O3S/c1-4-23-14(22)13-9(3)16-8(2)12(13)11(21)7-24-15-17-18-19-20(15)10-5-6-10/h10,16H,4-7H2,1-3H3. The number of H-pyrrole nitrogens is 1. The van der Waals surface area contributed by atoms with Crippen LogP contribution in [-0.2, 0) is 4.74 Å². The number of rotatable bonds is 7. The number of nitrogens with zero attached hydrogens (tertiary/aromatic N) is 4. The average molecular weight is 349 g/mol. The van der Waals surface area contributed by atoms with Gasteiger partial charge in [-0.05, 0) is 44.0 Å². The number of carbonyl (C=O) groups is 2. The fourth-order valence-corrected chi connectivity index (χ4v) is 3.44. The number of aromatic nitrogens is 5. The van der Waals surface area contributed by atoms with Gasteiger partial charge in [-0.1, -0.05) is 11.8 Å². The number of esters is 1. The minimum absolute atomic E-state index is 0.143. The summed E-state index contributed by atoms with van der Waals surface area (Å²) < 4.78 is 6.83. The highest BCUT2D eigenvalue weighted by Gasteiger charge is 2.29. The zero-order valence-electron chi connectivity index (χ0n) is 13.8. The molecule has 0 aromatic carbocycles. The molecular formula is C15H19N5O3S. The van der Waals surface area contributed by atoms with Crippen LogP contribution in [0, 0.1) is 13.8 Å². The van der Waals surface area contributed by atoms with Gasteiger partial charge in [0.1, 0.15) is 0 Å². The van der Waals surface area contributed by atoms with Gasteiger partial charge in [0.05, 0.1) is 29.5 Å².